The minimum Gasteiger partial charge on any atom is -0.490 e. The molecule has 3 aliphatic heterocycles. The van der Waals surface area contributed by atoms with Crippen molar-refractivity contribution in [3.05, 3.63) is 23.8 Å². The maximum Gasteiger partial charge on any atom is 0.167 e. The van der Waals surface area contributed by atoms with Crippen LogP contribution < -0.4 is 14.8 Å². The number of hydrogen-bond donors (Lipinski definition) is 1. The summed E-state index contributed by atoms with van der Waals surface area (Å²) in [6, 6.07) is 6.65. The molecule has 0 spiro atoms. The Hall–Kier alpha value is -0.970. The molecular weight excluding hydrogens is 326 g/mol. The third-order valence-corrected chi connectivity index (χ3v) is 5.59. The topological polar surface area (TPSA) is 39.7 Å². The van der Waals surface area contributed by atoms with E-state index in [9.17, 15) is 0 Å². The summed E-state index contributed by atoms with van der Waals surface area (Å²) in [5, 5.41) is 3.64. The van der Waals surface area contributed by atoms with Crippen molar-refractivity contribution in [3.8, 4) is 11.5 Å². The molecule has 1 aromatic rings. The van der Waals surface area contributed by atoms with Crippen LogP contribution in [0.3, 0.4) is 0 Å². The number of piperidine rings is 1. The van der Waals surface area contributed by atoms with Gasteiger partial charge in [0.05, 0.1) is 18.8 Å². The number of benzene rings is 1. The zero-order chi connectivity index (χ0) is 16.0. The summed E-state index contributed by atoms with van der Waals surface area (Å²) in [7, 11) is 0. The number of para-hydroxylation sites is 1. The van der Waals surface area contributed by atoms with Crippen LogP contribution in [0.25, 0.3) is 0 Å². The molecule has 0 radical (unpaired) electrons. The quantitative estimate of drug-likeness (QED) is 0.876. The molecule has 3 heterocycles. The number of ether oxygens (including phenoxy) is 3. The Labute approximate surface area is 150 Å². The van der Waals surface area contributed by atoms with E-state index >= 15 is 0 Å². The number of hydrogen-bond acceptors (Lipinski definition) is 4. The normalized spacial score (nSPS) is 33.1. The molecule has 4 atom stereocenters. The van der Waals surface area contributed by atoms with Gasteiger partial charge in [0.15, 0.2) is 11.5 Å². The molecule has 2 saturated heterocycles. The van der Waals surface area contributed by atoms with Gasteiger partial charge in [-0.2, -0.15) is 0 Å². The Morgan fingerprint density at radius 1 is 1.33 bits per heavy atom. The SMILES string of the molecule is CCOc1cccc2c1OC(C)(C)[C@@H]1C[C@H]3NCCC[C@H]3O[C@@H]21.Cl. The zero-order valence-corrected chi connectivity index (χ0v) is 15.5. The molecule has 0 aliphatic carbocycles. The smallest absolute Gasteiger partial charge is 0.167 e. The number of fused-ring (bicyclic) bond motifs is 4. The molecule has 5 heteroatoms. The van der Waals surface area contributed by atoms with Gasteiger partial charge in [0.2, 0.25) is 0 Å². The Balaban J connectivity index is 0.00000169. The first-order valence-electron chi connectivity index (χ1n) is 8.93. The van der Waals surface area contributed by atoms with Crippen LogP contribution in [0.15, 0.2) is 18.2 Å². The highest BCUT2D eigenvalue weighted by molar-refractivity contribution is 5.85. The lowest BCUT2D eigenvalue weighted by Crippen LogP contribution is -2.57. The van der Waals surface area contributed by atoms with Gasteiger partial charge in [-0.05, 0) is 52.6 Å². The van der Waals surface area contributed by atoms with Gasteiger partial charge in [-0.15, -0.1) is 12.4 Å². The Morgan fingerprint density at radius 3 is 2.96 bits per heavy atom. The molecule has 0 aromatic heterocycles. The number of nitrogens with one attached hydrogen (secondary N) is 1. The van der Waals surface area contributed by atoms with E-state index in [4.69, 9.17) is 14.2 Å². The van der Waals surface area contributed by atoms with Crippen molar-refractivity contribution < 1.29 is 14.2 Å². The first-order valence-corrected chi connectivity index (χ1v) is 8.93. The minimum absolute atomic E-state index is 0. The van der Waals surface area contributed by atoms with E-state index in [2.05, 4.69) is 31.3 Å². The van der Waals surface area contributed by atoms with Crippen LogP contribution in [0.4, 0.5) is 0 Å². The lowest BCUT2D eigenvalue weighted by molar-refractivity contribution is -0.168. The predicted octanol–water partition coefficient (Wildman–Crippen LogP) is 3.88. The third-order valence-electron chi connectivity index (χ3n) is 5.59. The van der Waals surface area contributed by atoms with Crippen molar-refractivity contribution in [1.82, 2.24) is 5.32 Å². The molecule has 4 rings (SSSR count). The van der Waals surface area contributed by atoms with Crippen molar-refractivity contribution in [2.75, 3.05) is 13.2 Å². The van der Waals surface area contributed by atoms with Gasteiger partial charge in [-0.3, -0.25) is 0 Å². The minimum atomic E-state index is -0.255. The molecule has 1 N–H and O–H groups in total. The van der Waals surface area contributed by atoms with E-state index in [0.29, 0.717) is 24.7 Å². The standard InChI is InChI=1S/C19H27NO3.ClH/c1-4-21-16-8-5-7-12-17-13(19(2,3)23-18(12)16)11-14-15(22-17)9-6-10-20-14;/h5,7-8,13-15,17,20H,4,6,9-11H2,1-3H3;1H/t13-,14-,15-,17+;/m1./s1. The van der Waals surface area contributed by atoms with Crippen molar-refractivity contribution in [3.63, 3.8) is 0 Å². The highest BCUT2D eigenvalue weighted by Crippen LogP contribution is 2.53. The maximum atomic E-state index is 6.59. The molecule has 2 fully saturated rings. The van der Waals surface area contributed by atoms with Gasteiger partial charge in [-0.25, -0.2) is 0 Å². The molecule has 0 amide bonds. The molecule has 4 nitrogen and oxygen atoms in total. The van der Waals surface area contributed by atoms with Crippen LogP contribution in [0.5, 0.6) is 11.5 Å². The summed E-state index contributed by atoms with van der Waals surface area (Å²) in [6.45, 7) is 8.12. The maximum absolute atomic E-state index is 6.59. The molecule has 0 saturated carbocycles. The van der Waals surface area contributed by atoms with E-state index in [1.165, 1.54) is 6.42 Å². The monoisotopic (exact) mass is 353 g/mol. The summed E-state index contributed by atoms with van der Waals surface area (Å²) >= 11 is 0. The molecule has 24 heavy (non-hydrogen) atoms. The van der Waals surface area contributed by atoms with Gasteiger partial charge < -0.3 is 19.5 Å². The summed E-state index contributed by atoms with van der Waals surface area (Å²) < 4.78 is 18.8. The first-order chi connectivity index (χ1) is 11.1. The Bertz CT molecular complexity index is 592. The van der Waals surface area contributed by atoms with Crippen LogP contribution in [0, 0.1) is 5.92 Å². The second-order valence-electron chi connectivity index (χ2n) is 7.45. The fourth-order valence-corrected chi connectivity index (χ4v) is 4.41. The van der Waals surface area contributed by atoms with E-state index < -0.39 is 0 Å². The lowest BCUT2D eigenvalue weighted by Gasteiger charge is -2.52. The molecule has 0 bridgehead atoms. The molecular formula is C19H28ClNO3. The van der Waals surface area contributed by atoms with Crippen LogP contribution in [0.1, 0.15) is 51.7 Å². The number of halogens is 1. The third kappa shape index (κ3) is 2.89. The van der Waals surface area contributed by atoms with Gasteiger partial charge >= 0.3 is 0 Å². The van der Waals surface area contributed by atoms with Gasteiger partial charge in [0.25, 0.3) is 0 Å². The highest BCUT2D eigenvalue weighted by atomic mass is 35.5. The fraction of sp³-hybridized carbons (Fsp3) is 0.684. The van der Waals surface area contributed by atoms with Crippen LogP contribution in [0.2, 0.25) is 0 Å². The Morgan fingerprint density at radius 2 is 2.17 bits per heavy atom. The average Bonchev–Trinajstić information content (AvgIpc) is 2.54. The lowest BCUT2D eigenvalue weighted by atomic mass is 9.73. The van der Waals surface area contributed by atoms with E-state index in [0.717, 1.165) is 36.4 Å². The summed E-state index contributed by atoms with van der Waals surface area (Å²) in [4.78, 5) is 0. The largest absolute Gasteiger partial charge is 0.490 e. The first kappa shape index (κ1) is 17.8. The van der Waals surface area contributed by atoms with Gasteiger partial charge in [-0.1, -0.05) is 12.1 Å². The van der Waals surface area contributed by atoms with E-state index in [1.54, 1.807) is 0 Å². The Kier molecular flexibility index (Phi) is 5.01. The fourth-order valence-electron chi connectivity index (χ4n) is 4.41. The van der Waals surface area contributed by atoms with Gasteiger partial charge in [0.1, 0.15) is 5.60 Å². The predicted molar refractivity (Wildman–Crippen MR) is 96.3 cm³/mol. The molecule has 0 unspecified atom stereocenters. The zero-order valence-electron chi connectivity index (χ0n) is 14.7. The van der Waals surface area contributed by atoms with Crippen LogP contribution in [-0.4, -0.2) is 30.9 Å². The van der Waals surface area contributed by atoms with E-state index in [-0.39, 0.29) is 24.1 Å². The molecule has 134 valence electrons. The van der Waals surface area contributed by atoms with Gasteiger partial charge in [0, 0.05) is 17.5 Å². The second kappa shape index (κ2) is 6.74. The van der Waals surface area contributed by atoms with Crippen molar-refractivity contribution in [2.45, 2.75) is 63.9 Å². The second-order valence-corrected chi connectivity index (χ2v) is 7.45. The van der Waals surface area contributed by atoms with Crippen molar-refractivity contribution >= 4 is 12.4 Å². The summed E-state index contributed by atoms with van der Waals surface area (Å²) in [6.07, 6.45) is 3.89. The summed E-state index contributed by atoms with van der Waals surface area (Å²) in [5.74, 6) is 2.07. The van der Waals surface area contributed by atoms with Crippen molar-refractivity contribution in [2.24, 2.45) is 5.92 Å². The van der Waals surface area contributed by atoms with E-state index in [1.807, 2.05) is 13.0 Å². The van der Waals surface area contributed by atoms with Crippen LogP contribution >= 0.6 is 12.4 Å². The molecule has 1 aromatic carbocycles. The van der Waals surface area contributed by atoms with Crippen LogP contribution in [-0.2, 0) is 4.74 Å². The highest BCUT2D eigenvalue weighted by Gasteiger charge is 2.51. The van der Waals surface area contributed by atoms with Crippen molar-refractivity contribution in [1.29, 1.82) is 0 Å². The molecule has 3 aliphatic rings. The number of rotatable bonds is 2. The average molecular weight is 354 g/mol. The summed E-state index contributed by atoms with van der Waals surface area (Å²) in [5.41, 5.74) is 0.902.